The first-order valence-electron chi connectivity index (χ1n) is 5.50. The fraction of sp³-hybridized carbons (Fsp3) is 0.538. The SMILES string of the molecule is COCc1cc(CC(C)(C)N)c(F)cc1OC. The fourth-order valence-corrected chi connectivity index (χ4v) is 1.74. The molecule has 1 rings (SSSR count). The lowest BCUT2D eigenvalue weighted by Gasteiger charge is -2.20. The van der Waals surface area contributed by atoms with Gasteiger partial charge in [-0.15, -0.1) is 0 Å². The number of methoxy groups -OCH3 is 2. The predicted octanol–water partition coefficient (Wildman–Crippen LogP) is 2.26. The fourth-order valence-electron chi connectivity index (χ4n) is 1.74. The third-order valence-electron chi connectivity index (χ3n) is 2.40. The molecule has 17 heavy (non-hydrogen) atoms. The van der Waals surface area contributed by atoms with Crippen LogP contribution in [-0.4, -0.2) is 19.8 Å². The summed E-state index contributed by atoms with van der Waals surface area (Å²) >= 11 is 0. The van der Waals surface area contributed by atoms with Gasteiger partial charge in [0, 0.05) is 24.3 Å². The molecule has 0 aliphatic carbocycles. The largest absolute Gasteiger partial charge is 0.496 e. The van der Waals surface area contributed by atoms with E-state index in [0.29, 0.717) is 24.3 Å². The molecule has 1 aromatic carbocycles. The quantitative estimate of drug-likeness (QED) is 0.860. The molecule has 0 fully saturated rings. The Morgan fingerprint density at radius 1 is 1.24 bits per heavy atom. The highest BCUT2D eigenvalue weighted by Crippen LogP contribution is 2.25. The molecule has 0 amide bonds. The van der Waals surface area contributed by atoms with E-state index in [0.717, 1.165) is 5.56 Å². The van der Waals surface area contributed by atoms with E-state index in [4.69, 9.17) is 15.2 Å². The van der Waals surface area contributed by atoms with Crippen LogP contribution >= 0.6 is 0 Å². The zero-order chi connectivity index (χ0) is 13.1. The highest BCUT2D eigenvalue weighted by atomic mass is 19.1. The molecule has 0 spiro atoms. The van der Waals surface area contributed by atoms with E-state index in [1.54, 1.807) is 13.2 Å². The summed E-state index contributed by atoms with van der Waals surface area (Å²) in [6.07, 6.45) is 0.472. The molecule has 2 N–H and O–H groups in total. The van der Waals surface area contributed by atoms with Crippen LogP contribution in [0.15, 0.2) is 12.1 Å². The molecule has 0 bridgehead atoms. The van der Waals surface area contributed by atoms with Crippen molar-refractivity contribution >= 4 is 0 Å². The monoisotopic (exact) mass is 241 g/mol. The summed E-state index contributed by atoms with van der Waals surface area (Å²) in [4.78, 5) is 0. The van der Waals surface area contributed by atoms with Crippen LogP contribution in [0.5, 0.6) is 5.75 Å². The van der Waals surface area contributed by atoms with Crippen molar-refractivity contribution in [1.29, 1.82) is 0 Å². The third kappa shape index (κ3) is 3.98. The molecule has 0 heterocycles. The number of ether oxygens (including phenoxy) is 2. The summed E-state index contributed by atoms with van der Waals surface area (Å²) in [6.45, 7) is 4.13. The van der Waals surface area contributed by atoms with E-state index < -0.39 is 5.54 Å². The van der Waals surface area contributed by atoms with Crippen LogP contribution < -0.4 is 10.5 Å². The normalized spacial score (nSPS) is 11.6. The molecular weight excluding hydrogens is 221 g/mol. The van der Waals surface area contributed by atoms with Crippen molar-refractivity contribution in [3.05, 3.63) is 29.1 Å². The summed E-state index contributed by atoms with van der Waals surface area (Å²) in [7, 11) is 3.11. The summed E-state index contributed by atoms with van der Waals surface area (Å²) < 4.78 is 24.0. The highest BCUT2D eigenvalue weighted by molar-refractivity contribution is 5.38. The smallest absolute Gasteiger partial charge is 0.130 e. The molecule has 3 nitrogen and oxygen atoms in total. The molecule has 0 aromatic heterocycles. The van der Waals surface area contributed by atoms with E-state index >= 15 is 0 Å². The standard InChI is InChI=1S/C13H20FNO2/c1-13(2,15)7-9-5-10(8-16-3)12(17-4)6-11(9)14/h5-6H,7-8,15H2,1-4H3. The number of benzene rings is 1. The Morgan fingerprint density at radius 2 is 1.88 bits per heavy atom. The van der Waals surface area contributed by atoms with E-state index in [2.05, 4.69) is 0 Å². The molecule has 4 heteroatoms. The van der Waals surface area contributed by atoms with Crippen LogP contribution in [0.2, 0.25) is 0 Å². The van der Waals surface area contributed by atoms with Gasteiger partial charge >= 0.3 is 0 Å². The molecule has 96 valence electrons. The lowest BCUT2D eigenvalue weighted by atomic mass is 9.94. The minimum absolute atomic E-state index is 0.291. The number of nitrogens with two attached hydrogens (primary N) is 1. The maximum Gasteiger partial charge on any atom is 0.130 e. The summed E-state index contributed by atoms with van der Waals surface area (Å²) in [5.74, 6) is 0.211. The Kier molecular flexibility index (Phi) is 4.48. The predicted molar refractivity (Wildman–Crippen MR) is 65.6 cm³/mol. The molecule has 0 radical (unpaired) electrons. The average molecular weight is 241 g/mol. The number of hydrogen-bond donors (Lipinski definition) is 1. The molecule has 0 aliphatic rings. The Bertz CT molecular complexity index is 386. The van der Waals surface area contributed by atoms with Crippen molar-refractivity contribution in [3.8, 4) is 5.75 Å². The zero-order valence-electron chi connectivity index (χ0n) is 10.8. The van der Waals surface area contributed by atoms with Crippen LogP contribution in [0, 0.1) is 5.82 Å². The third-order valence-corrected chi connectivity index (χ3v) is 2.40. The topological polar surface area (TPSA) is 44.5 Å². The molecular formula is C13H20FNO2. The zero-order valence-corrected chi connectivity index (χ0v) is 10.8. The highest BCUT2D eigenvalue weighted by Gasteiger charge is 2.17. The lowest BCUT2D eigenvalue weighted by molar-refractivity contribution is 0.181. The van der Waals surface area contributed by atoms with Gasteiger partial charge in [-0.1, -0.05) is 0 Å². The second kappa shape index (κ2) is 5.47. The molecule has 0 saturated heterocycles. The molecule has 0 atom stereocenters. The number of rotatable bonds is 5. The van der Waals surface area contributed by atoms with E-state index in [9.17, 15) is 4.39 Å². The maximum absolute atomic E-state index is 13.8. The van der Waals surface area contributed by atoms with Gasteiger partial charge in [-0.25, -0.2) is 4.39 Å². The first-order valence-corrected chi connectivity index (χ1v) is 5.50. The summed E-state index contributed by atoms with van der Waals surface area (Å²) in [5, 5.41) is 0. The van der Waals surface area contributed by atoms with Gasteiger partial charge in [-0.3, -0.25) is 0 Å². The van der Waals surface area contributed by atoms with E-state index in [1.165, 1.54) is 13.2 Å². The van der Waals surface area contributed by atoms with Crippen LogP contribution in [-0.2, 0) is 17.8 Å². The van der Waals surface area contributed by atoms with Gasteiger partial charge in [-0.2, -0.15) is 0 Å². The van der Waals surface area contributed by atoms with Gasteiger partial charge in [0.1, 0.15) is 11.6 Å². The molecule has 0 saturated carbocycles. The minimum Gasteiger partial charge on any atom is -0.496 e. The van der Waals surface area contributed by atoms with E-state index in [1.807, 2.05) is 13.8 Å². The van der Waals surface area contributed by atoms with Crippen LogP contribution in [0.1, 0.15) is 25.0 Å². The second-order valence-electron chi connectivity index (χ2n) is 4.85. The van der Waals surface area contributed by atoms with Crippen molar-refractivity contribution in [1.82, 2.24) is 0 Å². The van der Waals surface area contributed by atoms with Crippen molar-refractivity contribution in [2.45, 2.75) is 32.4 Å². The van der Waals surface area contributed by atoms with Gasteiger partial charge in [0.05, 0.1) is 13.7 Å². The van der Waals surface area contributed by atoms with Gasteiger partial charge in [0.2, 0.25) is 0 Å². The Labute approximate surface area is 102 Å². The Morgan fingerprint density at radius 3 is 2.35 bits per heavy atom. The number of hydrogen-bond acceptors (Lipinski definition) is 3. The Balaban J connectivity index is 3.10. The van der Waals surface area contributed by atoms with Crippen molar-refractivity contribution in [2.24, 2.45) is 5.73 Å². The first kappa shape index (κ1) is 13.9. The first-order chi connectivity index (χ1) is 7.87. The van der Waals surface area contributed by atoms with Gasteiger partial charge in [-0.05, 0) is 31.9 Å². The van der Waals surface area contributed by atoms with Gasteiger partial charge < -0.3 is 15.2 Å². The average Bonchev–Trinajstić information content (AvgIpc) is 2.21. The maximum atomic E-state index is 13.8. The van der Waals surface area contributed by atoms with E-state index in [-0.39, 0.29) is 5.82 Å². The van der Waals surface area contributed by atoms with Crippen LogP contribution in [0.4, 0.5) is 4.39 Å². The van der Waals surface area contributed by atoms with Gasteiger partial charge in [0.15, 0.2) is 0 Å². The van der Waals surface area contributed by atoms with Crippen LogP contribution in [0.25, 0.3) is 0 Å². The summed E-state index contributed by atoms with van der Waals surface area (Å²) in [6, 6.07) is 3.14. The molecule has 0 unspecified atom stereocenters. The van der Waals surface area contributed by atoms with Crippen molar-refractivity contribution in [3.63, 3.8) is 0 Å². The van der Waals surface area contributed by atoms with Crippen LogP contribution in [0.3, 0.4) is 0 Å². The van der Waals surface area contributed by atoms with Crippen molar-refractivity contribution < 1.29 is 13.9 Å². The second-order valence-corrected chi connectivity index (χ2v) is 4.85. The van der Waals surface area contributed by atoms with Crippen molar-refractivity contribution in [2.75, 3.05) is 14.2 Å². The minimum atomic E-state index is -0.445. The number of halogens is 1. The van der Waals surface area contributed by atoms with Gasteiger partial charge in [0.25, 0.3) is 0 Å². The summed E-state index contributed by atoms with van der Waals surface area (Å²) in [5.41, 5.74) is 6.87. The molecule has 1 aromatic rings. The lowest BCUT2D eigenvalue weighted by Crippen LogP contribution is -2.34. The Hall–Kier alpha value is -1.13. The molecule has 0 aliphatic heterocycles.